The number of aryl methyl sites for hydroxylation is 1. The van der Waals surface area contributed by atoms with Gasteiger partial charge in [0.15, 0.2) is 0 Å². The second-order valence-electron chi connectivity index (χ2n) is 4.54. The molecule has 0 fully saturated rings. The van der Waals surface area contributed by atoms with Gasteiger partial charge in [0.1, 0.15) is 5.75 Å². The molecule has 0 amide bonds. The van der Waals surface area contributed by atoms with Gasteiger partial charge in [0.05, 0.1) is 13.2 Å². The standard InChI is InChI=1S/C16H17BrO2/c1-11-7-8-12(9-14(11)17)15(18)10-13-5-3-4-6-16(13)19-2/h3-9,15,18H,10H2,1-2H3. The monoisotopic (exact) mass is 320 g/mol. The van der Waals surface area contributed by atoms with Gasteiger partial charge in [-0.3, -0.25) is 0 Å². The van der Waals surface area contributed by atoms with Crippen molar-refractivity contribution in [3.63, 3.8) is 0 Å². The number of hydrogen-bond acceptors (Lipinski definition) is 2. The molecule has 0 spiro atoms. The van der Waals surface area contributed by atoms with Crippen LogP contribution in [0.2, 0.25) is 0 Å². The predicted octanol–water partition coefficient (Wildman–Crippen LogP) is 4.04. The number of hydrogen-bond donors (Lipinski definition) is 1. The van der Waals surface area contributed by atoms with Crippen molar-refractivity contribution >= 4 is 15.9 Å². The first-order chi connectivity index (χ1) is 9.11. The van der Waals surface area contributed by atoms with Gasteiger partial charge >= 0.3 is 0 Å². The van der Waals surface area contributed by atoms with E-state index in [1.807, 2.05) is 49.4 Å². The Hall–Kier alpha value is -1.32. The first-order valence-corrected chi connectivity index (χ1v) is 6.97. The highest BCUT2D eigenvalue weighted by molar-refractivity contribution is 9.10. The van der Waals surface area contributed by atoms with Gasteiger partial charge in [0.25, 0.3) is 0 Å². The van der Waals surface area contributed by atoms with Crippen molar-refractivity contribution in [2.75, 3.05) is 7.11 Å². The third-order valence-electron chi connectivity index (χ3n) is 3.19. The molecule has 1 N–H and O–H groups in total. The Morgan fingerprint density at radius 1 is 1.21 bits per heavy atom. The van der Waals surface area contributed by atoms with Gasteiger partial charge < -0.3 is 9.84 Å². The molecule has 0 radical (unpaired) electrons. The van der Waals surface area contributed by atoms with E-state index in [4.69, 9.17) is 4.74 Å². The number of aliphatic hydroxyl groups excluding tert-OH is 1. The maximum atomic E-state index is 10.3. The molecule has 0 aliphatic rings. The molecule has 1 atom stereocenters. The molecule has 0 saturated carbocycles. The number of methoxy groups -OCH3 is 1. The molecule has 1 unspecified atom stereocenters. The second-order valence-corrected chi connectivity index (χ2v) is 5.39. The van der Waals surface area contributed by atoms with E-state index in [1.165, 1.54) is 0 Å². The van der Waals surface area contributed by atoms with Gasteiger partial charge in [-0.05, 0) is 35.7 Å². The predicted molar refractivity (Wildman–Crippen MR) is 80.5 cm³/mol. The number of ether oxygens (including phenoxy) is 1. The summed E-state index contributed by atoms with van der Waals surface area (Å²) in [7, 11) is 1.65. The molecule has 3 heteroatoms. The summed E-state index contributed by atoms with van der Waals surface area (Å²) >= 11 is 3.49. The summed E-state index contributed by atoms with van der Waals surface area (Å²) < 4.78 is 6.32. The van der Waals surface area contributed by atoms with Crippen LogP contribution in [0.5, 0.6) is 5.75 Å². The molecule has 0 aromatic heterocycles. The fourth-order valence-electron chi connectivity index (χ4n) is 2.01. The van der Waals surface area contributed by atoms with Crippen molar-refractivity contribution < 1.29 is 9.84 Å². The molecule has 19 heavy (non-hydrogen) atoms. The van der Waals surface area contributed by atoms with E-state index in [0.29, 0.717) is 6.42 Å². The molecule has 0 bridgehead atoms. The molecule has 2 aromatic carbocycles. The van der Waals surface area contributed by atoms with Crippen LogP contribution in [0.3, 0.4) is 0 Å². The van der Waals surface area contributed by atoms with E-state index in [0.717, 1.165) is 26.9 Å². The normalized spacial score (nSPS) is 12.2. The van der Waals surface area contributed by atoms with Crippen LogP contribution < -0.4 is 4.74 Å². The minimum Gasteiger partial charge on any atom is -0.496 e. The maximum Gasteiger partial charge on any atom is 0.122 e. The summed E-state index contributed by atoms with van der Waals surface area (Å²) in [4.78, 5) is 0. The third kappa shape index (κ3) is 3.37. The molecular weight excluding hydrogens is 304 g/mol. The van der Waals surface area contributed by atoms with Gasteiger partial charge in [0.2, 0.25) is 0 Å². The van der Waals surface area contributed by atoms with Crippen molar-refractivity contribution in [1.29, 1.82) is 0 Å². The minimum absolute atomic E-state index is 0.534. The van der Waals surface area contributed by atoms with E-state index in [9.17, 15) is 5.11 Å². The Balaban J connectivity index is 2.20. The van der Waals surface area contributed by atoms with Crippen molar-refractivity contribution in [3.8, 4) is 5.75 Å². The van der Waals surface area contributed by atoms with Crippen LogP contribution in [0, 0.1) is 6.92 Å². The van der Waals surface area contributed by atoms with Gasteiger partial charge in [-0.1, -0.05) is 46.3 Å². The van der Waals surface area contributed by atoms with E-state index in [1.54, 1.807) is 7.11 Å². The summed E-state index contributed by atoms with van der Waals surface area (Å²) in [6, 6.07) is 13.7. The zero-order valence-electron chi connectivity index (χ0n) is 11.1. The van der Waals surface area contributed by atoms with Crippen LogP contribution in [-0.4, -0.2) is 12.2 Å². The number of rotatable bonds is 4. The Morgan fingerprint density at radius 2 is 1.95 bits per heavy atom. The van der Waals surface area contributed by atoms with Crippen LogP contribution in [-0.2, 0) is 6.42 Å². The first kappa shape index (κ1) is 14.1. The van der Waals surface area contributed by atoms with Gasteiger partial charge in [0, 0.05) is 10.9 Å². The largest absolute Gasteiger partial charge is 0.496 e. The minimum atomic E-state index is -0.534. The highest BCUT2D eigenvalue weighted by atomic mass is 79.9. The Labute approximate surface area is 122 Å². The quantitative estimate of drug-likeness (QED) is 0.921. The first-order valence-electron chi connectivity index (χ1n) is 6.18. The third-order valence-corrected chi connectivity index (χ3v) is 4.04. The SMILES string of the molecule is COc1ccccc1CC(O)c1ccc(C)c(Br)c1. The lowest BCUT2D eigenvalue weighted by atomic mass is 10.00. The fourth-order valence-corrected chi connectivity index (χ4v) is 2.41. The average Bonchev–Trinajstić information content (AvgIpc) is 2.42. The fraction of sp³-hybridized carbons (Fsp3) is 0.250. The smallest absolute Gasteiger partial charge is 0.122 e. The Kier molecular flexibility index (Phi) is 4.61. The van der Waals surface area contributed by atoms with Gasteiger partial charge in [-0.25, -0.2) is 0 Å². The Morgan fingerprint density at radius 3 is 2.63 bits per heavy atom. The Bertz CT molecular complexity index is 566. The summed E-state index contributed by atoms with van der Waals surface area (Å²) in [6.07, 6.45) is 0.00711. The van der Waals surface area contributed by atoms with Crippen LogP contribution in [0.4, 0.5) is 0 Å². The molecule has 0 heterocycles. The molecule has 0 saturated heterocycles. The lowest BCUT2D eigenvalue weighted by Crippen LogP contribution is -2.03. The summed E-state index contributed by atoms with van der Waals surface area (Å²) in [5.74, 6) is 0.813. The lowest BCUT2D eigenvalue weighted by Gasteiger charge is -2.14. The summed E-state index contributed by atoms with van der Waals surface area (Å²) in [5.41, 5.74) is 3.07. The number of halogens is 1. The van der Waals surface area contributed by atoms with E-state index < -0.39 is 6.10 Å². The van der Waals surface area contributed by atoms with Crippen molar-refractivity contribution in [2.24, 2.45) is 0 Å². The van der Waals surface area contributed by atoms with Crippen LogP contribution in [0.1, 0.15) is 22.8 Å². The zero-order chi connectivity index (χ0) is 13.8. The average molecular weight is 321 g/mol. The van der Waals surface area contributed by atoms with Crippen LogP contribution in [0.25, 0.3) is 0 Å². The summed E-state index contributed by atoms with van der Waals surface area (Å²) in [5, 5.41) is 10.3. The van der Waals surface area contributed by atoms with Gasteiger partial charge in [-0.15, -0.1) is 0 Å². The highest BCUT2D eigenvalue weighted by Gasteiger charge is 2.12. The van der Waals surface area contributed by atoms with E-state index in [2.05, 4.69) is 15.9 Å². The number of aliphatic hydroxyl groups is 1. The zero-order valence-corrected chi connectivity index (χ0v) is 12.6. The van der Waals surface area contributed by atoms with E-state index in [-0.39, 0.29) is 0 Å². The van der Waals surface area contributed by atoms with Gasteiger partial charge in [-0.2, -0.15) is 0 Å². The van der Waals surface area contributed by atoms with Crippen molar-refractivity contribution in [2.45, 2.75) is 19.4 Å². The van der Waals surface area contributed by atoms with Crippen LogP contribution >= 0.6 is 15.9 Å². The molecule has 2 aromatic rings. The van der Waals surface area contributed by atoms with Crippen molar-refractivity contribution in [1.82, 2.24) is 0 Å². The summed E-state index contributed by atoms with van der Waals surface area (Å²) in [6.45, 7) is 2.03. The van der Waals surface area contributed by atoms with Crippen molar-refractivity contribution in [3.05, 3.63) is 63.6 Å². The number of para-hydroxylation sites is 1. The molecular formula is C16H17BrO2. The topological polar surface area (TPSA) is 29.5 Å². The van der Waals surface area contributed by atoms with E-state index >= 15 is 0 Å². The molecule has 2 nitrogen and oxygen atoms in total. The second kappa shape index (κ2) is 6.22. The number of benzene rings is 2. The molecule has 0 aliphatic carbocycles. The molecule has 100 valence electrons. The lowest BCUT2D eigenvalue weighted by molar-refractivity contribution is 0.177. The molecule has 2 rings (SSSR count). The highest BCUT2D eigenvalue weighted by Crippen LogP contribution is 2.27. The molecule has 0 aliphatic heterocycles. The van der Waals surface area contributed by atoms with Crippen LogP contribution in [0.15, 0.2) is 46.9 Å². The maximum absolute atomic E-state index is 10.3.